The summed E-state index contributed by atoms with van der Waals surface area (Å²) in [6.45, 7) is 3.91. The molecule has 1 aliphatic carbocycles. The van der Waals surface area contributed by atoms with Crippen molar-refractivity contribution in [2.45, 2.75) is 38.8 Å². The molecule has 0 saturated heterocycles. The Kier molecular flexibility index (Phi) is 3.77. The smallest absolute Gasteiger partial charge is 0.166 e. The highest BCUT2D eigenvalue weighted by Crippen LogP contribution is 2.18. The summed E-state index contributed by atoms with van der Waals surface area (Å²) in [6.07, 6.45) is 5.39. The molecule has 0 aromatic carbocycles. The fourth-order valence-electron chi connectivity index (χ4n) is 1.53. The van der Waals surface area contributed by atoms with Gasteiger partial charge in [0.05, 0.1) is 0 Å². The summed E-state index contributed by atoms with van der Waals surface area (Å²) >= 11 is 5.16. The van der Waals surface area contributed by atoms with Crippen molar-refractivity contribution < 1.29 is 0 Å². The van der Waals surface area contributed by atoms with Gasteiger partial charge in [0.2, 0.25) is 0 Å². The lowest BCUT2D eigenvalue weighted by molar-refractivity contribution is 0.559. The van der Waals surface area contributed by atoms with Crippen LogP contribution in [0.3, 0.4) is 0 Å². The molecular weight excluding hydrogens is 220 g/mol. The lowest BCUT2D eigenvalue weighted by Gasteiger charge is -2.09. The molecule has 88 valence electrons. The van der Waals surface area contributed by atoms with Gasteiger partial charge >= 0.3 is 0 Å². The average Bonchev–Trinajstić information content (AvgIpc) is 2.96. The van der Waals surface area contributed by atoms with E-state index in [2.05, 4.69) is 22.7 Å². The molecule has 0 amide bonds. The Morgan fingerprint density at radius 1 is 1.62 bits per heavy atom. The Morgan fingerprint density at radius 3 is 3.06 bits per heavy atom. The van der Waals surface area contributed by atoms with Gasteiger partial charge in [0, 0.05) is 31.0 Å². The molecule has 1 heterocycles. The number of hydrogen-bond acceptors (Lipinski definition) is 2. The topological polar surface area (TPSA) is 41.9 Å². The summed E-state index contributed by atoms with van der Waals surface area (Å²) in [4.78, 5) is 0. The monoisotopic (exact) mass is 238 g/mol. The van der Waals surface area contributed by atoms with Crippen molar-refractivity contribution >= 4 is 17.3 Å². The maximum atomic E-state index is 5.16. The van der Waals surface area contributed by atoms with Gasteiger partial charge in [0.1, 0.15) is 0 Å². The van der Waals surface area contributed by atoms with Crippen LogP contribution in [0.4, 0.5) is 0 Å². The molecule has 1 aromatic rings. The SMILES string of the molecule is Cc1ccnn1CCCNC(=S)NC1CC1. The van der Waals surface area contributed by atoms with Gasteiger partial charge in [-0.25, -0.2) is 0 Å². The zero-order valence-electron chi connectivity index (χ0n) is 9.57. The number of aromatic nitrogens is 2. The van der Waals surface area contributed by atoms with Crippen LogP contribution in [0.25, 0.3) is 0 Å². The van der Waals surface area contributed by atoms with Gasteiger partial charge in [-0.05, 0) is 44.5 Å². The van der Waals surface area contributed by atoms with E-state index in [1.54, 1.807) is 0 Å². The largest absolute Gasteiger partial charge is 0.363 e. The van der Waals surface area contributed by atoms with E-state index in [-0.39, 0.29) is 0 Å². The van der Waals surface area contributed by atoms with Crippen molar-refractivity contribution in [3.8, 4) is 0 Å². The molecule has 0 spiro atoms. The summed E-state index contributed by atoms with van der Waals surface area (Å²) < 4.78 is 2.01. The third-order valence-corrected chi connectivity index (χ3v) is 2.94. The first-order valence-corrected chi connectivity index (χ1v) is 6.19. The average molecular weight is 238 g/mol. The van der Waals surface area contributed by atoms with Crippen LogP contribution in [-0.2, 0) is 6.54 Å². The first-order valence-electron chi connectivity index (χ1n) is 5.78. The van der Waals surface area contributed by atoms with Crippen molar-refractivity contribution in [2.75, 3.05) is 6.54 Å². The van der Waals surface area contributed by atoms with Gasteiger partial charge in [0.15, 0.2) is 5.11 Å². The molecule has 0 bridgehead atoms. The highest BCUT2D eigenvalue weighted by atomic mass is 32.1. The molecule has 0 unspecified atom stereocenters. The minimum Gasteiger partial charge on any atom is -0.363 e. The minimum atomic E-state index is 0.633. The lowest BCUT2D eigenvalue weighted by atomic mass is 10.4. The maximum absolute atomic E-state index is 5.16. The Labute approximate surface area is 101 Å². The zero-order valence-corrected chi connectivity index (χ0v) is 10.4. The molecule has 0 radical (unpaired) electrons. The summed E-state index contributed by atoms with van der Waals surface area (Å²) in [5.41, 5.74) is 1.21. The van der Waals surface area contributed by atoms with Crippen LogP contribution < -0.4 is 10.6 Å². The van der Waals surface area contributed by atoms with E-state index in [0.29, 0.717) is 6.04 Å². The predicted octanol–water partition coefficient (Wildman–Crippen LogP) is 1.21. The van der Waals surface area contributed by atoms with Gasteiger partial charge in [-0.1, -0.05) is 0 Å². The molecule has 1 aliphatic rings. The number of nitrogens with zero attached hydrogens (tertiary/aromatic N) is 2. The molecule has 5 heteroatoms. The Hall–Kier alpha value is -1.10. The van der Waals surface area contributed by atoms with Crippen molar-refractivity contribution in [1.29, 1.82) is 0 Å². The molecule has 16 heavy (non-hydrogen) atoms. The van der Waals surface area contributed by atoms with E-state index in [1.807, 2.05) is 16.9 Å². The minimum absolute atomic E-state index is 0.633. The van der Waals surface area contributed by atoms with Crippen LogP contribution in [0.5, 0.6) is 0 Å². The second kappa shape index (κ2) is 5.30. The van der Waals surface area contributed by atoms with Crippen molar-refractivity contribution in [3.63, 3.8) is 0 Å². The number of nitrogens with one attached hydrogen (secondary N) is 2. The molecule has 1 aromatic heterocycles. The van der Waals surface area contributed by atoms with Crippen molar-refractivity contribution in [1.82, 2.24) is 20.4 Å². The first-order chi connectivity index (χ1) is 7.75. The zero-order chi connectivity index (χ0) is 11.4. The fraction of sp³-hybridized carbons (Fsp3) is 0.636. The third-order valence-electron chi connectivity index (χ3n) is 2.67. The summed E-state index contributed by atoms with van der Waals surface area (Å²) in [5, 5.41) is 11.5. The molecular formula is C11H18N4S. The highest BCUT2D eigenvalue weighted by Gasteiger charge is 2.21. The van der Waals surface area contributed by atoms with E-state index >= 15 is 0 Å². The van der Waals surface area contributed by atoms with Gasteiger partial charge in [0.25, 0.3) is 0 Å². The van der Waals surface area contributed by atoms with Crippen LogP contribution in [0.1, 0.15) is 25.0 Å². The molecule has 2 N–H and O–H groups in total. The molecule has 0 atom stereocenters. The van der Waals surface area contributed by atoms with Crippen LogP contribution in [0.15, 0.2) is 12.3 Å². The van der Waals surface area contributed by atoms with E-state index in [9.17, 15) is 0 Å². The Morgan fingerprint density at radius 2 is 2.44 bits per heavy atom. The number of rotatable bonds is 5. The van der Waals surface area contributed by atoms with E-state index in [1.165, 1.54) is 18.5 Å². The Balaban J connectivity index is 1.57. The van der Waals surface area contributed by atoms with Gasteiger partial charge in [-0.15, -0.1) is 0 Å². The molecule has 4 nitrogen and oxygen atoms in total. The standard InChI is InChI=1S/C11H18N4S/c1-9-5-7-13-15(9)8-2-6-12-11(16)14-10-3-4-10/h5,7,10H,2-4,6,8H2,1H3,(H2,12,14,16). The molecule has 0 aliphatic heterocycles. The van der Waals surface area contributed by atoms with Gasteiger partial charge < -0.3 is 10.6 Å². The molecule has 1 fully saturated rings. The summed E-state index contributed by atoms with van der Waals surface area (Å²) in [6, 6.07) is 2.65. The van der Waals surface area contributed by atoms with Crippen molar-refractivity contribution in [2.24, 2.45) is 0 Å². The third kappa shape index (κ3) is 3.48. The molecule has 2 rings (SSSR count). The lowest BCUT2D eigenvalue weighted by Crippen LogP contribution is -2.37. The number of hydrogen-bond donors (Lipinski definition) is 2. The maximum Gasteiger partial charge on any atom is 0.166 e. The highest BCUT2D eigenvalue weighted by molar-refractivity contribution is 7.80. The van der Waals surface area contributed by atoms with Crippen LogP contribution in [0.2, 0.25) is 0 Å². The number of aryl methyl sites for hydroxylation is 2. The van der Waals surface area contributed by atoms with Crippen molar-refractivity contribution in [3.05, 3.63) is 18.0 Å². The first kappa shape index (κ1) is 11.4. The Bertz CT molecular complexity index is 357. The van der Waals surface area contributed by atoms with E-state index in [0.717, 1.165) is 24.6 Å². The van der Waals surface area contributed by atoms with E-state index in [4.69, 9.17) is 12.2 Å². The quantitative estimate of drug-likeness (QED) is 0.597. The van der Waals surface area contributed by atoms with Crippen LogP contribution >= 0.6 is 12.2 Å². The summed E-state index contributed by atoms with van der Waals surface area (Å²) in [5.74, 6) is 0. The second-order valence-electron chi connectivity index (χ2n) is 4.22. The molecule has 1 saturated carbocycles. The van der Waals surface area contributed by atoms with Gasteiger partial charge in [-0.3, -0.25) is 4.68 Å². The van der Waals surface area contributed by atoms with Crippen LogP contribution in [-0.4, -0.2) is 27.5 Å². The second-order valence-corrected chi connectivity index (χ2v) is 4.63. The predicted molar refractivity (Wildman–Crippen MR) is 68.3 cm³/mol. The summed E-state index contributed by atoms with van der Waals surface area (Å²) in [7, 11) is 0. The fourth-order valence-corrected chi connectivity index (χ4v) is 1.80. The normalized spacial score (nSPS) is 14.8. The van der Waals surface area contributed by atoms with Crippen LogP contribution in [0, 0.1) is 6.92 Å². The van der Waals surface area contributed by atoms with Gasteiger partial charge in [-0.2, -0.15) is 5.10 Å². The van der Waals surface area contributed by atoms with E-state index < -0.39 is 0 Å². The number of thiocarbonyl (C=S) groups is 1.